The van der Waals surface area contributed by atoms with Crippen LogP contribution in [0, 0.1) is 5.92 Å². The number of cyclic esters (lactones) is 1. The molecule has 1 aromatic carbocycles. The van der Waals surface area contributed by atoms with E-state index >= 15 is 0 Å². The Kier molecular flexibility index (Phi) is 3.15. The van der Waals surface area contributed by atoms with Gasteiger partial charge in [0.1, 0.15) is 6.61 Å². The predicted octanol–water partition coefficient (Wildman–Crippen LogP) is 2.66. The third-order valence-electron chi connectivity index (χ3n) is 4.19. The van der Waals surface area contributed by atoms with Gasteiger partial charge < -0.3 is 10.1 Å². The van der Waals surface area contributed by atoms with Gasteiger partial charge in [0.05, 0.1) is 5.54 Å². The first-order valence-electron chi connectivity index (χ1n) is 6.54. The Morgan fingerprint density at radius 1 is 1.53 bits per heavy atom. The average Bonchev–Trinajstić information content (AvgIpc) is 2.99. The number of amides is 1. The van der Waals surface area contributed by atoms with Gasteiger partial charge >= 0.3 is 6.09 Å². The lowest BCUT2D eigenvalue weighted by Gasteiger charge is -2.36. The van der Waals surface area contributed by atoms with Gasteiger partial charge in [-0.1, -0.05) is 17.7 Å². The van der Waals surface area contributed by atoms with Crippen LogP contribution in [0.5, 0.6) is 0 Å². The first-order valence-corrected chi connectivity index (χ1v) is 6.92. The number of ether oxygens (including phenoxy) is 1. The summed E-state index contributed by atoms with van der Waals surface area (Å²) in [5.74, 6) is 0.401. The van der Waals surface area contributed by atoms with Crippen molar-refractivity contribution in [2.75, 3.05) is 24.6 Å². The number of benzene rings is 1. The Hall–Kier alpha value is -1.26. The molecule has 5 heteroatoms. The number of halogens is 1. The second-order valence-corrected chi connectivity index (χ2v) is 5.85. The third-order valence-corrected chi connectivity index (χ3v) is 4.42. The topological polar surface area (TPSA) is 41.6 Å². The fourth-order valence-electron chi connectivity index (χ4n) is 3.05. The molecule has 0 radical (unpaired) electrons. The highest BCUT2D eigenvalue weighted by atomic mass is 35.5. The van der Waals surface area contributed by atoms with E-state index in [1.54, 1.807) is 11.0 Å². The summed E-state index contributed by atoms with van der Waals surface area (Å²) in [6, 6.07) is 7.38. The standard InChI is InChI=1S/C14H17ClN2O2/c1-14(10-5-6-16-8-10)9-19-13(18)17(14)12-4-2-3-11(15)7-12/h2-4,7,10,16H,5-6,8-9H2,1H3. The third kappa shape index (κ3) is 2.09. The molecule has 2 fully saturated rings. The summed E-state index contributed by atoms with van der Waals surface area (Å²) in [5.41, 5.74) is 0.509. The van der Waals surface area contributed by atoms with Gasteiger partial charge in [-0.2, -0.15) is 0 Å². The fraction of sp³-hybridized carbons (Fsp3) is 0.500. The maximum Gasteiger partial charge on any atom is 0.415 e. The molecule has 3 rings (SSSR count). The van der Waals surface area contributed by atoms with E-state index in [0.717, 1.165) is 25.2 Å². The van der Waals surface area contributed by atoms with Crippen molar-refractivity contribution in [3.8, 4) is 0 Å². The largest absolute Gasteiger partial charge is 0.447 e. The van der Waals surface area contributed by atoms with Crippen molar-refractivity contribution < 1.29 is 9.53 Å². The van der Waals surface area contributed by atoms with Crippen LogP contribution in [0.4, 0.5) is 10.5 Å². The van der Waals surface area contributed by atoms with Crippen LogP contribution in [0.2, 0.25) is 5.02 Å². The number of hydrogen-bond acceptors (Lipinski definition) is 3. The molecule has 102 valence electrons. The van der Waals surface area contributed by atoms with Gasteiger partial charge in [0.2, 0.25) is 0 Å². The molecule has 0 saturated carbocycles. The quantitative estimate of drug-likeness (QED) is 0.906. The molecular weight excluding hydrogens is 264 g/mol. The second kappa shape index (κ2) is 4.69. The van der Waals surface area contributed by atoms with Gasteiger partial charge in [-0.25, -0.2) is 4.79 Å². The van der Waals surface area contributed by atoms with Gasteiger partial charge in [0.25, 0.3) is 0 Å². The molecular formula is C14H17ClN2O2. The highest BCUT2D eigenvalue weighted by Crippen LogP contribution is 2.38. The molecule has 2 saturated heterocycles. The lowest BCUT2D eigenvalue weighted by molar-refractivity contribution is 0.166. The molecule has 1 aromatic rings. The minimum atomic E-state index is -0.300. The molecule has 2 aliphatic heterocycles. The van der Waals surface area contributed by atoms with Gasteiger partial charge in [0, 0.05) is 17.3 Å². The predicted molar refractivity (Wildman–Crippen MR) is 74.7 cm³/mol. The SMILES string of the molecule is CC1(C2CCNC2)COC(=O)N1c1cccc(Cl)c1. The summed E-state index contributed by atoms with van der Waals surface area (Å²) in [6.07, 6.45) is 0.779. The zero-order chi connectivity index (χ0) is 13.5. The van der Waals surface area contributed by atoms with E-state index in [0.29, 0.717) is 17.5 Å². The van der Waals surface area contributed by atoms with Crippen LogP contribution in [-0.4, -0.2) is 31.3 Å². The summed E-state index contributed by atoms with van der Waals surface area (Å²) in [5, 5.41) is 3.98. The van der Waals surface area contributed by atoms with Crippen molar-refractivity contribution in [1.82, 2.24) is 5.32 Å². The highest BCUT2D eigenvalue weighted by molar-refractivity contribution is 6.30. The van der Waals surface area contributed by atoms with E-state index in [2.05, 4.69) is 12.2 Å². The van der Waals surface area contributed by atoms with Crippen molar-refractivity contribution in [2.24, 2.45) is 5.92 Å². The summed E-state index contributed by atoms with van der Waals surface area (Å²) in [6.45, 7) is 4.45. The normalized spacial score (nSPS) is 30.7. The number of carbonyl (C=O) groups is 1. The molecule has 0 spiro atoms. The molecule has 1 amide bonds. The summed E-state index contributed by atoms with van der Waals surface area (Å²) >= 11 is 6.03. The van der Waals surface area contributed by atoms with Crippen molar-refractivity contribution in [1.29, 1.82) is 0 Å². The van der Waals surface area contributed by atoms with Gasteiger partial charge in [-0.3, -0.25) is 4.90 Å². The molecule has 19 heavy (non-hydrogen) atoms. The molecule has 0 aliphatic carbocycles. The maximum absolute atomic E-state index is 12.1. The summed E-state index contributed by atoms with van der Waals surface area (Å²) < 4.78 is 5.30. The zero-order valence-electron chi connectivity index (χ0n) is 10.9. The fourth-order valence-corrected chi connectivity index (χ4v) is 3.23. The zero-order valence-corrected chi connectivity index (χ0v) is 11.6. The lowest BCUT2D eigenvalue weighted by atomic mass is 9.84. The van der Waals surface area contributed by atoms with Crippen molar-refractivity contribution in [3.05, 3.63) is 29.3 Å². The van der Waals surface area contributed by atoms with Crippen LogP contribution >= 0.6 is 11.6 Å². The summed E-state index contributed by atoms with van der Waals surface area (Å²) in [4.78, 5) is 13.9. The molecule has 0 bridgehead atoms. The van der Waals surface area contributed by atoms with Crippen LogP contribution in [0.25, 0.3) is 0 Å². The Bertz CT molecular complexity index is 502. The van der Waals surface area contributed by atoms with E-state index in [9.17, 15) is 4.79 Å². The number of nitrogens with zero attached hydrogens (tertiary/aromatic N) is 1. The molecule has 2 atom stereocenters. The number of rotatable bonds is 2. The van der Waals surface area contributed by atoms with Gasteiger partial charge in [-0.05, 0) is 44.0 Å². The highest BCUT2D eigenvalue weighted by Gasteiger charge is 2.50. The van der Waals surface area contributed by atoms with Crippen LogP contribution < -0.4 is 10.2 Å². The second-order valence-electron chi connectivity index (χ2n) is 5.42. The van der Waals surface area contributed by atoms with E-state index in [-0.39, 0.29) is 11.6 Å². The minimum absolute atomic E-state index is 0.281. The number of nitrogens with one attached hydrogen (secondary N) is 1. The van der Waals surface area contributed by atoms with E-state index in [1.807, 2.05) is 18.2 Å². The van der Waals surface area contributed by atoms with Crippen LogP contribution in [0.1, 0.15) is 13.3 Å². The minimum Gasteiger partial charge on any atom is -0.447 e. The lowest BCUT2D eigenvalue weighted by Crippen LogP contribution is -2.51. The van der Waals surface area contributed by atoms with Crippen LogP contribution in [0.3, 0.4) is 0 Å². The molecule has 1 N–H and O–H groups in total. The van der Waals surface area contributed by atoms with E-state index in [1.165, 1.54) is 0 Å². The smallest absolute Gasteiger partial charge is 0.415 e. The monoisotopic (exact) mass is 280 g/mol. The average molecular weight is 281 g/mol. The molecule has 0 aromatic heterocycles. The first kappa shape index (κ1) is 12.8. The van der Waals surface area contributed by atoms with Crippen molar-refractivity contribution in [3.63, 3.8) is 0 Å². The van der Waals surface area contributed by atoms with E-state index < -0.39 is 0 Å². The summed E-state index contributed by atoms with van der Waals surface area (Å²) in [7, 11) is 0. The first-order chi connectivity index (χ1) is 9.11. The maximum atomic E-state index is 12.1. The Morgan fingerprint density at radius 2 is 2.37 bits per heavy atom. The Morgan fingerprint density at radius 3 is 3.05 bits per heavy atom. The van der Waals surface area contributed by atoms with Crippen LogP contribution in [-0.2, 0) is 4.74 Å². The van der Waals surface area contributed by atoms with Crippen LogP contribution in [0.15, 0.2) is 24.3 Å². The van der Waals surface area contributed by atoms with Gasteiger partial charge in [-0.15, -0.1) is 0 Å². The van der Waals surface area contributed by atoms with Gasteiger partial charge in [0.15, 0.2) is 0 Å². The molecule has 4 nitrogen and oxygen atoms in total. The van der Waals surface area contributed by atoms with Crippen molar-refractivity contribution >= 4 is 23.4 Å². The Labute approximate surface area is 117 Å². The number of anilines is 1. The molecule has 2 unspecified atom stereocenters. The number of carbonyl (C=O) groups excluding carboxylic acids is 1. The number of hydrogen-bond donors (Lipinski definition) is 1. The van der Waals surface area contributed by atoms with Crippen molar-refractivity contribution in [2.45, 2.75) is 18.9 Å². The molecule has 2 aliphatic rings. The van der Waals surface area contributed by atoms with E-state index in [4.69, 9.17) is 16.3 Å². The molecule has 2 heterocycles. The Balaban J connectivity index is 1.98.